The molecule has 1 amide bonds. The van der Waals surface area contributed by atoms with Gasteiger partial charge in [-0.1, -0.05) is 19.1 Å². The second-order valence-electron chi connectivity index (χ2n) is 5.56. The Morgan fingerprint density at radius 3 is 2.71 bits per heavy atom. The molecule has 1 aromatic rings. The van der Waals surface area contributed by atoms with E-state index in [0.29, 0.717) is 12.2 Å². The number of aliphatic carboxylic acids is 1. The van der Waals surface area contributed by atoms with Crippen molar-refractivity contribution in [3.8, 4) is 0 Å². The Morgan fingerprint density at radius 1 is 1.43 bits per heavy atom. The van der Waals surface area contributed by atoms with Crippen molar-refractivity contribution in [3.05, 3.63) is 35.4 Å². The number of ether oxygens (including phenoxy) is 1. The molecular weight excluding hydrogens is 270 g/mol. The van der Waals surface area contributed by atoms with Gasteiger partial charge < -0.3 is 14.7 Å². The van der Waals surface area contributed by atoms with E-state index in [-0.39, 0.29) is 18.5 Å². The van der Waals surface area contributed by atoms with Crippen molar-refractivity contribution in [3.63, 3.8) is 0 Å². The summed E-state index contributed by atoms with van der Waals surface area (Å²) in [6, 6.07) is 7.49. The lowest BCUT2D eigenvalue weighted by Gasteiger charge is -2.24. The third kappa shape index (κ3) is 4.04. The molecule has 114 valence electrons. The molecule has 0 radical (unpaired) electrons. The van der Waals surface area contributed by atoms with Crippen LogP contribution in [0.1, 0.15) is 35.7 Å². The number of rotatable bonds is 7. The number of methoxy groups -OCH3 is 1. The molecule has 0 spiro atoms. The van der Waals surface area contributed by atoms with Crippen LogP contribution in [0.25, 0.3) is 0 Å². The summed E-state index contributed by atoms with van der Waals surface area (Å²) < 4.78 is 5.08. The standard InChI is InChI=1S/C16H21NO4/c1-11(16(19)20)9-17(14-6-7-14)15(18)13-5-3-4-12(8-13)10-21-2/h3-5,8,11,14H,6-7,9-10H2,1-2H3,(H,19,20). The van der Waals surface area contributed by atoms with E-state index < -0.39 is 11.9 Å². The summed E-state index contributed by atoms with van der Waals surface area (Å²) in [5.74, 6) is -1.53. The number of carboxylic acid groups (broad SMARTS) is 1. The van der Waals surface area contributed by atoms with Gasteiger partial charge in [0.1, 0.15) is 0 Å². The van der Waals surface area contributed by atoms with Gasteiger partial charge in [0.2, 0.25) is 0 Å². The van der Waals surface area contributed by atoms with Gasteiger partial charge in [-0.05, 0) is 30.5 Å². The van der Waals surface area contributed by atoms with Gasteiger partial charge in [-0.2, -0.15) is 0 Å². The van der Waals surface area contributed by atoms with Crippen LogP contribution in [-0.4, -0.2) is 41.6 Å². The third-order valence-corrected chi connectivity index (χ3v) is 3.63. The molecule has 21 heavy (non-hydrogen) atoms. The molecule has 1 atom stereocenters. The largest absolute Gasteiger partial charge is 0.481 e. The summed E-state index contributed by atoms with van der Waals surface area (Å²) >= 11 is 0. The lowest BCUT2D eigenvalue weighted by atomic mass is 10.1. The molecule has 0 heterocycles. The zero-order valence-electron chi connectivity index (χ0n) is 12.4. The van der Waals surface area contributed by atoms with Crippen LogP contribution in [0.15, 0.2) is 24.3 Å². The molecule has 2 rings (SSSR count). The van der Waals surface area contributed by atoms with E-state index in [0.717, 1.165) is 18.4 Å². The lowest BCUT2D eigenvalue weighted by Crippen LogP contribution is -2.38. The van der Waals surface area contributed by atoms with E-state index in [1.807, 2.05) is 18.2 Å². The lowest BCUT2D eigenvalue weighted by molar-refractivity contribution is -0.141. The molecule has 1 saturated carbocycles. The Hall–Kier alpha value is -1.88. The molecule has 0 saturated heterocycles. The van der Waals surface area contributed by atoms with Crippen LogP contribution in [0.3, 0.4) is 0 Å². The molecule has 5 nitrogen and oxygen atoms in total. The van der Waals surface area contributed by atoms with Crippen molar-refractivity contribution in [1.29, 1.82) is 0 Å². The Kier molecular flexibility index (Phi) is 4.96. The van der Waals surface area contributed by atoms with Crippen molar-refractivity contribution in [2.45, 2.75) is 32.4 Å². The fraction of sp³-hybridized carbons (Fsp3) is 0.500. The molecule has 1 aromatic carbocycles. The average molecular weight is 291 g/mol. The zero-order chi connectivity index (χ0) is 15.4. The van der Waals surface area contributed by atoms with Gasteiger partial charge in [-0.15, -0.1) is 0 Å². The van der Waals surface area contributed by atoms with Gasteiger partial charge in [0.15, 0.2) is 0 Å². The minimum Gasteiger partial charge on any atom is -0.481 e. The van der Waals surface area contributed by atoms with Crippen LogP contribution < -0.4 is 0 Å². The zero-order valence-corrected chi connectivity index (χ0v) is 12.4. The van der Waals surface area contributed by atoms with Gasteiger partial charge in [0, 0.05) is 25.3 Å². The fourth-order valence-electron chi connectivity index (χ4n) is 2.28. The van der Waals surface area contributed by atoms with Crippen LogP contribution in [0, 0.1) is 5.92 Å². The van der Waals surface area contributed by atoms with Crippen molar-refractivity contribution in [1.82, 2.24) is 4.90 Å². The van der Waals surface area contributed by atoms with E-state index in [2.05, 4.69) is 0 Å². The summed E-state index contributed by atoms with van der Waals surface area (Å²) in [5.41, 5.74) is 1.53. The minimum atomic E-state index is -0.874. The number of nitrogens with zero attached hydrogens (tertiary/aromatic N) is 1. The fourth-order valence-corrected chi connectivity index (χ4v) is 2.28. The van der Waals surface area contributed by atoms with Crippen LogP contribution in [-0.2, 0) is 16.1 Å². The molecule has 0 bridgehead atoms. The number of amides is 1. The van der Waals surface area contributed by atoms with E-state index in [1.54, 1.807) is 25.0 Å². The minimum absolute atomic E-state index is 0.0939. The summed E-state index contributed by atoms with van der Waals surface area (Å²) in [5, 5.41) is 9.05. The van der Waals surface area contributed by atoms with Crippen LogP contribution in [0.5, 0.6) is 0 Å². The smallest absolute Gasteiger partial charge is 0.308 e. The summed E-state index contributed by atoms with van der Waals surface area (Å²) in [6.45, 7) is 2.34. The second-order valence-corrected chi connectivity index (χ2v) is 5.56. The van der Waals surface area contributed by atoms with Gasteiger partial charge >= 0.3 is 5.97 Å². The molecule has 0 aliphatic heterocycles. The van der Waals surface area contributed by atoms with E-state index in [9.17, 15) is 9.59 Å². The first-order chi connectivity index (χ1) is 10.0. The Bertz CT molecular complexity index is 525. The number of carbonyl (C=O) groups is 2. The van der Waals surface area contributed by atoms with Crippen molar-refractivity contribution >= 4 is 11.9 Å². The first-order valence-corrected chi connectivity index (χ1v) is 7.14. The molecule has 1 unspecified atom stereocenters. The Labute approximate surface area is 124 Å². The Balaban J connectivity index is 2.14. The topological polar surface area (TPSA) is 66.8 Å². The Morgan fingerprint density at radius 2 is 2.14 bits per heavy atom. The normalized spacial score (nSPS) is 15.5. The molecule has 1 N–H and O–H groups in total. The molecule has 1 aliphatic carbocycles. The van der Waals surface area contributed by atoms with Crippen LogP contribution in [0.2, 0.25) is 0 Å². The first kappa shape index (κ1) is 15.5. The number of hydrogen-bond donors (Lipinski definition) is 1. The monoisotopic (exact) mass is 291 g/mol. The van der Waals surface area contributed by atoms with Gasteiger partial charge in [-0.25, -0.2) is 0 Å². The van der Waals surface area contributed by atoms with Crippen LogP contribution in [0.4, 0.5) is 0 Å². The first-order valence-electron chi connectivity index (χ1n) is 7.14. The summed E-state index contributed by atoms with van der Waals surface area (Å²) in [4.78, 5) is 25.4. The maximum Gasteiger partial charge on any atom is 0.308 e. The van der Waals surface area contributed by atoms with Gasteiger partial charge in [-0.3, -0.25) is 9.59 Å². The SMILES string of the molecule is COCc1cccc(C(=O)N(CC(C)C(=O)O)C2CC2)c1. The van der Waals surface area contributed by atoms with Gasteiger partial charge in [0.25, 0.3) is 5.91 Å². The van der Waals surface area contributed by atoms with E-state index >= 15 is 0 Å². The van der Waals surface area contributed by atoms with Crippen LogP contribution >= 0.6 is 0 Å². The summed E-state index contributed by atoms with van der Waals surface area (Å²) in [7, 11) is 1.61. The predicted molar refractivity (Wildman–Crippen MR) is 78.0 cm³/mol. The molecule has 0 aromatic heterocycles. The number of carbonyl (C=O) groups excluding carboxylic acids is 1. The predicted octanol–water partition coefficient (Wildman–Crippen LogP) is 2.16. The highest BCUT2D eigenvalue weighted by molar-refractivity contribution is 5.95. The molecular formula is C16H21NO4. The third-order valence-electron chi connectivity index (χ3n) is 3.63. The summed E-state index contributed by atoms with van der Waals surface area (Å²) in [6.07, 6.45) is 1.91. The maximum atomic E-state index is 12.6. The highest BCUT2D eigenvalue weighted by atomic mass is 16.5. The van der Waals surface area contributed by atoms with E-state index in [1.165, 1.54) is 0 Å². The highest BCUT2D eigenvalue weighted by Gasteiger charge is 2.34. The van der Waals surface area contributed by atoms with E-state index in [4.69, 9.17) is 9.84 Å². The van der Waals surface area contributed by atoms with Crippen molar-refractivity contribution in [2.75, 3.05) is 13.7 Å². The number of hydrogen-bond acceptors (Lipinski definition) is 3. The van der Waals surface area contributed by atoms with Crippen molar-refractivity contribution < 1.29 is 19.4 Å². The second kappa shape index (κ2) is 6.72. The molecule has 1 fully saturated rings. The maximum absolute atomic E-state index is 12.6. The quantitative estimate of drug-likeness (QED) is 0.836. The average Bonchev–Trinajstić information content (AvgIpc) is 3.29. The van der Waals surface area contributed by atoms with Gasteiger partial charge in [0.05, 0.1) is 12.5 Å². The highest BCUT2D eigenvalue weighted by Crippen LogP contribution is 2.29. The number of benzene rings is 1. The molecule has 1 aliphatic rings. The number of carboxylic acids is 1. The van der Waals surface area contributed by atoms with Crippen molar-refractivity contribution in [2.24, 2.45) is 5.92 Å². The molecule has 5 heteroatoms.